The van der Waals surface area contributed by atoms with Crippen LogP contribution in [0.1, 0.15) is 11.1 Å². The van der Waals surface area contributed by atoms with Crippen molar-refractivity contribution in [3.63, 3.8) is 0 Å². The maximum absolute atomic E-state index is 12.3. The highest BCUT2D eigenvalue weighted by atomic mass is 16.5. The van der Waals surface area contributed by atoms with E-state index in [0.717, 1.165) is 23.2 Å². The number of nitrogens with zero attached hydrogens (tertiary/aromatic N) is 1. The van der Waals surface area contributed by atoms with E-state index in [1.54, 1.807) is 43.4 Å². The number of esters is 1. The lowest BCUT2D eigenvalue weighted by Crippen LogP contribution is -2.33. The van der Waals surface area contributed by atoms with Crippen molar-refractivity contribution in [1.82, 2.24) is 0 Å². The molecule has 0 fully saturated rings. The lowest BCUT2D eigenvalue weighted by molar-refractivity contribution is -0.142. The maximum atomic E-state index is 12.3. The van der Waals surface area contributed by atoms with Crippen LogP contribution in [-0.2, 0) is 20.7 Å². The number of hydrogen-bond donors (Lipinski definition) is 0. The molecule has 0 saturated heterocycles. The molecule has 2 aromatic carbocycles. The zero-order valence-electron chi connectivity index (χ0n) is 15.3. The van der Waals surface area contributed by atoms with E-state index in [9.17, 15) is 9.59 Å². The topological polar surface area (TPSA) is 65.1 Å². The molecule has 0 saturated carbocycles. The molecule has 0 N–H and O–H groups in total. The monoisotopic (exact) mass is 367 g/mol. The predicted octanol–water partition coefficient (Wildman–Crippen LogP) is 2.85. The Labute approximate surface area is 158 Å². The molecule has 6 heteroatoms. The molecular weight excluding hydrogens is 346 g/mol. The quantitative estimate of drug-likeness (QED) is 0.580. The third-order valence-electron chi connectivity index (χ3n) is 4.35. The molecule has 0 spiro atoms. The van der Waals surface area contributed by atoms with Gasteiger partial charge in [-0.2, -0.15) is 0 Å². The number of carbonyl (C=O) groups excluding carboxylic acids is 2. The zero-order chi connectivity index (χ0) is 19.2. The number of anilines is 1. The molecule has 3 rings (SSSR count). The van der Waals surface area contributed by atoms with E-state index < -0.39 is 5.97 Å². The Hall–Kier alpha value is -3.28. The zero-order valence-corrected chi connectivity index (χ0v) is 15.3. The van der Waals surface area contributed by atoms with Gasteiger partial charge in [-0.15, -0.1) is 0 Å². The molecule has 1 aliphatic heterocycles. The molecule has 6 nitrogen and oxygen atoms in total. The van der Waals surface area contributed by atoms with Crippen molar-refractivity contribution in [3.05, 3.63) is 59.7 Å². The maximum Gasteiger partial charge on any atom is 0.331 e. The highest BCUT2D eigenvalue weighted by Gasteiger charge is 2.24. The van der Waals surface area contributed by atoms with Gasteiger partial charge in [0.05, 0.1) is 14.2 Å². The molecule has 1 heterocycles. The number of carbonyl (C=O) groups is 2. The normalized spacial score (nSPS) is 12.7. The van der Waals surface area contributed by atoms with Gasteiger partial charge in [0.2, 0.25) is 0 Å². The van der Waals surface area contributed by atoms with Crippen LogP contribution in [0.4, 0.5) is 5.69 Å². The fourth-order valence-corrected chi connectivity index (χ4v) is 2.98. The summed E-state index contributed by atoms with van der Waals surface area (Å²) in [5.41, 5.74) is 2.77. The first-order valence-electron chi connectivity index (χ1n) is 8.57. The smallest absolute Gasteiger partial charge is 0.331 e. The summed E-state index contributed by atoms with van der Waals surface area (Å²) in [6.07, 6.45) is 3.70. The number of amides is 1. The van der Waals surface area contributed by atoms with E-state index in [-0.39, 0.29) is 12.5 Å². The SMILES string of the molecule is COc1ccc(/C=C/C(=O)OCC(=O)N2CCc3ccccc32)cc1OC. The number of hydrogen-bond acceptors (Lipinski definition) is 5. The fraction of sp³-hybridized carbons (Fsp3) is 0.238. The van der Waals surface area contributed by atoms with Gasteiger partial charge in [0, 0.05) is 18.3 Å². The Balaban J connectivity index is 1.55. The van der Waals surface area contributed by atoms with E-state index >= 15 is 0 Å². The van der Waals surface area contributed by atoms with Crippen LogP contribution in [0.25, 0.3) is 6.08 Å². The van der Waals surface area contributed by atoms with Crippen molar-refractivity contribution in [2.24, 2.45) is 0 Å². The van der Waals surface area contributed by atoms with Crippen LogP contribution >= 0.6 is 0 Å². The molecule has 0 unspecified atom stereocenters. The number of para-hydroxylation sites is 1. The molecular formula is C21H21NO5. The number of benzene rings is 2. The van der Waals surface area contributed by atoms with E-state index in [1.165, 1.54) is 6.08 Å². The van der Waals surface area contributed by atoms with Gasteiger partial charge in [0.15, 0.2) is 18.1 Å². The lowest BCUT2D eigenvalue weighted by atomic mass is 10.2. The first kappa shape index (κ1) is 18.5. The van der Waals surface area contributed by atoms with Crippen molar-refractivity contribution in [2.45, 2.75) is 6.42 Å². The number of rotatable bonds is 6. The van der Waals surface area contributed by atoms with E-state index in [4.69, 9.17) is 14.2 Å². The average molecular weight is 367 g/mol. The highest BCUT2D eigenvalue weighted by molar-refractivity contribution is 5.98. The number of fused-ring (bicyclic) bond motifs is 1. The Bertz CT molecular complexity index is 875. The van der Waals surface area contributed by atoms with Gasteiger partial charge in [0.1, 0.15) is 0 Å². The van der Waals surface area contributed by atoms with Crippen molar-refractivity contribution in [3.8, 4) is 11.5 Å². The second-order valence-corrected chi connectivity index (χ2v) is 5.98. The van der Waals surface area contributed by atoms with Crippen LogP contribution in [0.3, 0.4) is 0 Å². The van der Waals surface area contributed by atoms with Crippen LogP contribution in [0.2, 0.25) is 0 Å². The first-order valence-corrected chi connectivity index (χ1v) is 8.57. The summed E-state index contributed by atoms with van der Waals surface area (Å²) in [6, 6.07) is 13.0. The Morgan fingerprint density at radius 3 is 2.63 bits per heavy atom. The molecule has 1 aliphatic rings. The van der Waals surface area contributed by atoms with Crippen molar-refractivity contribution in [2.75, 3.05) is 32.3 Å². The molecule has 1 amide bonds. The van der Waals surface area contributed by atoms with Crippen LogP contribution in [0, 0.1) is 0 Å². The minimum Gasteiger partial charge on any atom is -0.493 e. The van der Waals surface area contributed by atoms with E-state index in [0.29, 0.717) is 18.0 Å². The van der Waals surface area contributed by atoms with Crippen LogP contribution in [0.5, 0.6) is 11.5 Å². The lowest BCUT2D eigenvalue weighted by Gasteiger charge is -2.16. The fourth-order valence-electron chi connectivity index (χ4n) is 2.98. The second kappa shape index (κ2) is 8.40. The summed E-state index contributed by atoms with van der Waals surface area (Å²) >= 11 is 0. The molecule has 0 atom stereocenters. The van der Waals surface area contributed by atoms with Crippen molar-refractivity contribution < 1.29 is 23.8 Å². The van der Waals surface area contributed by atoms with Gasteiger partial charge in [-0.1, -0.05) is 24.3 Å². The molecule has 140 valence electrons. The van der Waals surface area contributed by atoms with E-state index in [2.05, 4.69) is 0 Å². The van der Waals surface area contributed by atoms with Gasteiger partial charge < -0.3 is 19.1 Å². The predicted molar refractivity (Wildman–Crippen MR) is 102 cm³/mol. The third kappa shape index (κ3) is 4.28. The summed E-state index contributed by atoms with van der Waals surface area (Å²) in [6.45, 7) is 0.320. The first-order chi connectivity index (χ1) is 13.1. The summed E-state index contributed by atoms with van der Waals surface area (Å²) in [5, 5.41) is 0. The third-order valence-corrected chi connectivity index (χ3v) is 4.35. The van der Waals surface area contributed by atoms with Gasteiger partial charge in [-0.25, -0.2) is 4.79 Å². The van der Waals surface area contributed by atoms with Crippen molar-refractivity contribution >= 4 is 23.6 Å². The van der Waals surface area contributed by atoms with Crippen LogP contribution < -0.4 is 14.4 Å². The van der Waals surface area contributed by atoms with Crippen molar-refractivity contribution in [1.29, 1.82) is 0 Å². The minimum absolute atomic E-state index is 0.229. The largest absolute Gasteiger partial charge is 0.493 e. The van der Waals surface area contributed by atoms with Gasteiger partial charge >= 0.3 is 5.97 Å². The Kier molecular flexibility index (Phi) is 5.76. The number of ether oxygens (including phenoxy) is 3. The molecule has 0 aliphatic carbocycles. The van der Waals surface area contributed by atoms with Gasteiger partial charge in [-0.05, 0) is 41.8 Å². The summed E-state index contributed by atoms with van der Waals surface area (Å²) in [5.74, 6) is 0.364. The van der Waals surface area contributed by atoms with Crippen LogP contribution in [-0.4, -0.2) is 39.2 Å². The standard InChI is InChI=1S/C21H21NO5/c1-25-18-9-7-15(13-19(18)26-2)8-10-21(24)27-14-20(23)22-12-11-16-5-3-4-6-17(16)22/h3-10,13H,11-12,14H2,1-2H3/b10-8+. The van der Waals surface area contributed by atoms with E-state index in [1.807, 2.05) is 24.3 Å². The number of methoxy groups -OCH3 is 2. The Morgan fingerprint density at radius 1 is 1.07 bits per heavy atom. The highest BCUT2D eigenvalue weighted by Crippen LogP contribution is 2.28. The molecule has 2 aromatic rings. The minimum atomic E-state index is -0.578. The van der Waals surface area contributed by atoms with Gasteiger partial charge in [-0.3, -0.25) is 4.79 Å². The molecule has 0 aromatic heterocycles. The molecule has 0 radical (unpaired) electrons. The summed E-state index contributed by atoms with van der Waals surface area (Å²) in [7, 11) is 3.10. The Morgan fingerprint density at radius 2 is 1.85 bits per heavy atom. The average Bonchev–Trinajstić information content (AvgIpc) is 3.14. The van der Waals surface area contributed by atoms with Gasteiger partial charge in [0.25, 0.3) is 5.91 Å². The summed E-state index contributed by atoms with van der Waals surface area (Å²) in [4.78, 5) is 25.9. The second-order valence-electron chi connectivity index (χ2n) is 5.98. The molecule has 0 bridgehead atoms. The summed E-state index contributed by atoms with van der Waals surface area (Å²) < 4.78 is 15.5. The molecule has 27 heavy (non-hydrogen) atoms. The van der Waals surface area contributed by atoms with Crippen LogP contribution in [0.15, 0.2) is 48.5 Å².